The van der Waals surface area contributed by atoms with Crippen molar-refractivity contribution in [3.63, 3.8) is 0 Å². The normalized spacial score (nSPS) is 30.8. The maximum Gasteiger partial charge on any atom is 0.233 e. The quantitative estimate of drug-likeness (QED) is 0.313. The molecule has 2 aromatic heterocycles. The molecule has 3 aromatic rings. The average molecular weight is 622 g/mol. The average Bonchev–Trinajstić information content (AvgIpc) is 3.47. The Hall–Kier alpha value is -3.34. The Balaban J connectivity index is 1.14. The van der Waals surface area contributed by atoms with Crippen molar-refractivity contribution in [2.24, 2.45) is 10.8 Å². The first-order valence-electron chi connectivity index (χ1n) is 15.5. The highest BCUT2D eigenvalue weighted by molar-refractivity contribution is 7.92. The lowest BCUT2D eigenvalue weighted by Crippen LogP contribution is -2.71. The fraction of sp³-hybridized carbons (Fsp3) is 0.576. The van der Waals surface area contributed by atoms with Crippen LogP contribution in [0.4, 0.5) is 15.9 Å². The highest BCUT2D eigenvalue weighted by Gasteiger charge is 2.73. The van der Waals surface area contributed by atoms with Gasteiger partial charge in [-0.1, -0.05) is 38.1 Å². The smallest absolute Gasteiger partial charge is 0.233 e. The van der Waals surface area contributed by atoms with Gasteiger partial charge in [-0.3, -0.25) is 9.52 Å². The Morgan fingerprint density at radius 2 is 1.70 bits per heavy atom. The van der Waals surface area contributed by atoms with Crippen molar-refractivity contribution in [2.45, 2.75) is 95.1 Å². The lowest BCUT2D eigenvalue weighted by Gasteiger charge is -2.65. The Kier molecular flexibility index (Phi) is 6.40. The Labute approximate surface area is 258 Å². The van der Waals surface area contributed by atoms with Gasteiger partial charge in [0.2, 0.25) is 21.8 Å². The molecule has 1 N–H and O–H groups in total. The molecule has 1 aromatic carbocycles. The predicted molar refractivity (Wildman–Crippen MR) is 165 cm³/mol. The zero-order valence-electron chi connectivity index (χ0n) is 25.8. The van der Waals surface area contributed by atoms with Gasteiger partial charge in [0.05, 0.1) is 11.7 Å². The maximum absolute atomic E-state index is 14.6. The van der Waals surface area contributed by atoms with Gasteiger partial charge in [-0.15, -0.1) is 0 Å². The van der Waals surface area contributed by atoms with Gasteiger partial charge >= 0.3 is 0 Å². The highest BCUT2D eigenvalue weighted by atomic mass is 32.2. The van der Waals surface area contributed by atoms with E-state index in [-0.39, 0.29) is 28.0 Å². The molecule has 2 heterocycles. The summed E-state index contributed by atoms with van der Waals surface area (Å²) in [7, 11) is -3.43. The first-order valence-corrected chi connectivity index (χ1v) is 17.4. The van der Waals surface area contributed by atoms with Crippen molar-refractivity contribution < 1.29 is 22.1 Å². The van der Waals surface area contributed by atoms with Crippen LogP contribution in [0.1, 0.15) is 90.3 Å². The predicted octanol–water partition coefficient (Wildman–Crippen LogP) is 6.32. The molecule has 0 saturated heterocycles. The molecule has 9 rings (SSSR count). The molecule has 0 unspecified atom stereocenters. The first-order chi connectivity index (χ1) is 20.6. The molecule has 6 fully saturated rings. The van der Waals surface area contributed by atoms with E-state index in [0.29, 0.717) is 25.8 Å². The number of carbonyl (C=O) groups excluding carboxylic acids is 1. The minimum atomic E-state index is -3.43. The zero-order chi connectivity index (χ0) is 31.2. The Morgan fingerprint density at radius 1 is 1.02 bits per heavy atom. The number of pyridine rings is 1. The molecule has 11 heteroatoms. The minimum absolute atomic E-state index is 0.0300. The molecule has 44 heavy (non-hydrogen) atoms. The van der Waals surface area contributed by atoms with Gasteiger partial charge in [0.15, 0.2) is 5.82 Å². The maximum atomic E-state index is 14.6. The van der Waals surface area contributed by atoms with E-state index in [9.17, 15) is 17.6 Å². The summed E-state index contributed by atoms with van der Waals surface area (Å²) in [6.45, 7) is 6.86. The van der Waals surface area contributed by atoms with Crippen molar-refractivity contribution in [1.82, 2.24) is 15.1 Å². The number of aromatic nitrogens is 3. The summed E-state index contributed by atoms with van der Waals surface area (Å²) >= 11 is 0. The number of sulfonamides is 1. The number of hydrogen-bond donors (Lipinski definition) is 1. The van der Waals surface area contributed by atoms with E-state index < -0.39 is 21.1 Å². The van der Waals surface area contributed by atoms with Crippen molar-refractivity contribution in [2.75, 3.05) is 22.4 Å². The summed E-state index contributed by atoms with van der Waals surface area (Å²) in [5, 5.41) is 4.30. The van der Waals surface area contributed by atoms with E-state index in [2.05, 4.69) is 35.6 Å². The van der Waals surface area contributed by atoms with Gasteiger partial charge in [0.25, 0.3) is 0 Å². The van der Waals surface area contributed by atoms with Crippen LogP contribution in [0.2, 0.25) is 0 Å². The molecule has 4 bridgehead atoms. The second-order valence-corrected chi connectivity index (χ2v) is 16.9. The molecule has 6 saturated carbocycles. The summed E-state index contributed by atoms with van der Waals surface area (Å²) in [6, 6.07) is 11.3. The number of nitrogens with one attached hydrogen (secondary N) is 1. The fourth-order valence-electron chi connectivity index (χ4n) is 8.03. The lowest BCUT2D eigenvalue weighted by molar-refractivity contribution is -0.211. The van der Waals surface area contributed by atoms with Crippen LogP contribution in [0.25, 0.3) is 11.1 Å². The van der Waals surface area contributed by atoms with E-state index in [1.54, 1.807) is 12.3 Å². The first kappa shape index (κ1) is 29.4. The van der Waals surface area contributed by atoms with Gasteiger partial charge in [-0.05, 0) is 93.0 Å². The van der Waals surface area contributed by atoms with Crippen LogP contribution in [-0.4, -0.2) is 47.9 Å². The standard InChI is InChI=1S/C33H40FN5O4S/c1-29(2,3)26-36-27(43-37-26)31-13-10-30(11-14-31,12-15-31)21-39(28(40)32-18-33(34,19-32)20-32)24-7-5-6-22(16-24)23-8-9-25(35-17-23)38-44(4,41)42/h5-9,16-17H,10-15,18-21H2,1-4H3,(H,35,38). The summed E-state index contributed by atoms with van der Waals surface area (Å²) in [4.78, 5) is 25.3. The number of alkyl halides is 1. The van der Waals surface area contributed by atoms with Crippen LogP contribution in [0, 0.1) is 10.8 Å². The van der Waals surface area contributed by atoms with Crippen LogP contribution < -0.4 is 9.62 Å². The molecular weight excluding hydrogens is 581 g/mol. The number of fused-ring (bicyclic) bond motifs is 3. The van der Waals surface area contributed by atoms with E-state index in [1.165, 1.54) is 0 Å². The fourth-order valence-corrected chi connectivity index (χ4v) is 8.53. The minimum Gasteiger partial charge on any atom is -0.339 e. The number of hydrogen-bond acceptors (Lipinski definition) is 7. The van der Waals surface area contributed by atoms with Crippen LogP contribution in [-0.2, 0) is 25.6 Å². The van der Waals surface area contributed by atoms with Gasteiger partial charge in [0, 0.05) is 34.8 Å². The van der Waals surface area contributed by atoms with Crippen LogP contribution in [0.3, 0.4) is 0 Å². The zero-order valence-corrected chi connectivity index (χ0v) is 26.6. The van der Waals surface area contributed by atoms with Crippen molar-refractivity contribution in [3.05, 3.63) is 54.3 Å². The number of rotatable bonds is 8. The van der Waals surface area contributed by atoms with E-state index in [0.717, 1.165) is 73.3 Å². The molecule has 6 aliphatic carbocycles. The van der Waals surface area contributed by atoms with E-state index in [1.807, 2.05) is 35.2 Å². The van der Waals surface area contributed by atoms with Gasteiger partial charge in [-0.2, -0.15) is 4.98 Å². The van der Waals surface area contributed by atoms with E-state index >= 15 is 0 Å². The molecule has 0 radical (unpaired) electrons. The summed E-state index contributed by atoms with van der Waals surface area (Å²) in [6.07, 6.45) is 9.37. The number of carbonyl (C=O) groups is 1. The van der Waals surface area contributed by atoms with Gasteiger partial charge < -0.3 is 9.42 Å². The number of anilines is 2. The number of halogens is 1. The monoisotopic (exact) mass is 621 g/mol. The second kappa shape index (κ2) is 9.58. The van der Waals surface area contributed by atoms with Crippen LogP contribution >= 0.6 is 0 Å². The molecular formula is C33H40FN5O4S. The molecule has 6 aliphatic rings. The lowest BCUT2D eigenvalue weighted by atomic mass is 9.41. The van der Waals surface area contributed by atoms with Crippen LogP contribution in [0.5, 0.6) is 0 Å². The SMILES string of the molecule is CC(C)(C)c1noc(C23CCC(CN(C(=O)C45CC(F)(C4)C5)c4cccc(-c5ccc(NS(C)(=O)=O)nc5)c4)(CC2)CC3)n1. The Bertz CT molecular complexity index is 1680. The third-order valence-electron chi connectivity index (χ3n) is 10.7. The number of nitrogens with zero attached hydrogens (tertiary/aromatic N) is 4. The molecule has 234 valence electrons. The number of benzene rings is 1. The van der Waals surface area contributed by atoms with Crippen molar-refractivity contribution in [3.8, 4) is 11.1 Å². The van der Waals surface area contributed by atoms with Gasteiger partial charge in [0.1, 0.15) is 11.5 Å². The summed E-state index contributed by atoms with van der Waals surface area (Å²) < 4.78 is 46.0. The molecule has 9 nitrogen and oxygen atoms in total. The van der Waals surface area contributed by atoms with E-state index in [4.69, 9.17) is 9.51 Å². The largest absolute Gasteiger partial charge is 0.339 e. The topological polar surface area (TPSA) is 118 Å². The highest BCUT2D eigenvalue weighted by Crippen LogP contribution is 2.70. The third kappa shape index (κ3) is 5.01. The number of amides is 1. The summed E-state index contributed by atoms with van der Waals surface area (Å²) in [5.41, 5.74) is 0.400. The Morgan fingerprint density at radius 3 is 2.25 bits per heavy atom. The van der Waals surface area contributed by atoms with Crippen LogP contribution in [0.15, 0.2) is 47.1 Å². The summed E-state index contributed by atoms with van der Waals surface area (Å²) in [5.74, 6) is 1.77. The molecule has 1 amide bonds. The third-order valence-corrected chi connectivity index (χ3v) is 11.2. The van der Waals surface area contributed by atoms with Crippen molar-refractivity contribution >= 4 is 27.4 Å². The van der Waals surface area contributed by atoms with Gasteiger partial charge in [-0.25, -0.2) is 17.8 Å². The second-order valence-electron chi connectivity index (χ2n) is 15.2. The molecule has 0 spiro atoms. The van der Waals surface area contributed by atoms with Crippen molar-refractivity contribution in [1.29, 1.82) is 0 Å². The molecule has 0 atom stereocenters. The molecule has 0 aliphatic heterocycles.